The molecule has 2 heterocycles. The van der Waals surface area contributed by atoms with Gasteiger partial charge in [-0.25, -0.2) is 4.79 Å². The van der Waals surface area contributed by atoms with E-state index in [1.165, 1.54) is 28.8 Å². The molecule has 1 aliphatic carbocycles. The topological polar surface area (TPSA) is 41.6 Å². The van der Waals surface area contributed by atoms with Crippen LogP contribution in [0.25, 0.3) is 0 Å². The van der Waals surface area contributed by atoms with Crippen LogP contribution in [0.1, 0.15) is 47.7 Å². The van der Waals surface area contributed by atoms with E-state index in [1.807, 2.05) is 11.0 Å². The minimum atomic E-state index is 0.0244. The number of amides is 2. The molecule has 2 unspecified atom stereocenters. The molecule has 27 heavy (non-hydrogen) atoms. The quantitative estimate of drug-likeness (QED) is 0.738. The van der Waals surface area contributed by atoms with Crippen LogP contribution in [0.4, 0.5) is 4.79 Å². The molecular weight excluding hydrogens is 356 g/mol. The first-order chi connectivity index (χ1) is 13.2. The Morgan fingerprint density at radius 3 is 2.70 bits per heavy atom. The summed E-state index contributed by atoms with van der Waals surface area (Å²) in [5.41, 5.74) is 2.46. The van der Waals surface area contributed by atoms with Crippen LogP contribution >= 0.6 is 11.3 Å². The van der Waals surface area contributed by atoms with Gasteiger partial charge in [0.1, 0.15) is 0 Å². The van der Waals surface area contributed by atoms with Crippen LogP contribution in [0.3, 0.4) is 0 Å². The summed E-state index contributed by atoms with van der Waals surface area (Å²) >= 11 is 1.70. The Hall–Kier alpha value is -1.85. The number of ether oxygens (including phenoxy) is 1. The molecule has 2 amide bonds. The first-order valence-corrected chi connectivity index (χ1v) is 10.8. The largest absolute Gasteiger partial charge is 0.376 e. The zero-order valence-corrected chi connectivity index (χ0v) is 16.7. The van der Waals surface area contributed by atoms with E-state index >= 15 is 0 Å². The number of nitrogens with zero attached hydrogens (tertiary/aromatic N) is 1. The monoisotopic (exact) mass is 384 g/mol. The molecule has 1 aliphatic heterocycles. The standard InChI is InChI=1S/C22H28N2O2S/c1-16-6-8-17(9-7-16)21(18-10-11-18)23-22(25)24(14-19-4-2-12-26-19)15-20-5-3-13-27-20/h3,5-9,13,18-19,21H,2,4,10-12,14-15H2,1H3,(H,23,25). The normalized spacial score (nSPS) is 20.4. The highest BCUT2D eigenvalue weighted by Crippen LogP contribution is 2.41. The Bertz CT molecular complexity index is 734. The molecule has 144 valence electrons. The van der Waals surface area contributed by atoms with Crippen LogP contribution < -0.4 is 5.32 Å². The molecule has 4 rings (SSSR count). The second kappa shape index (κ2) is 8.44. The fourth-order valence-electron chi connectivity index (χ4n) is 3.75. The average Bonchev–Trinajstić information content (AvgIpc) is 3.14. The Kier molecular flexibility index (Phi) is 5.79. The molecule has 0 bridgehead atoms. The van der Waals surface area contributed by atoms with Crippen molar-refractivity contribution in [1.29, 1.82) is 0 Å². The number of benzene rings is 1. The van der Waals surface area contributed by atoms with Crippen molar-refractivity contribution in [2.45, 2.75) is 51.3 Å². The molecule has 2 aromatic rings. The molecule has 5 heteroatoms. The van der Waals surface area contributed by atoms with Gasteiger partial charge in [-0.15, -0.1) is 11.3 Å². The van der Waals surface area contributed by atoms with E-state index in [4.69, 9.17) is 4.74 Å². The fraction of sp³-hybridized carbons (Fsp3) is 0.500. The lowest BCUT2D eigenvalue weighted by molar-refractivity contribution is 0.0789. The van der Waals surface area contributed by atoms with E-state index in [0.29, 0.717) is 19.0 Å². The predicted octanol–water partition coefficient (Wildman–Crippen LogP) is 4.90. The van der Waals surface area contributed by atoms with Gasteiger partial charge in [-0.1, -0.05) is 35.9 Å². The molecule has 1 saturated carbocycles. The van der Waals surface area contributed by atoms with E-state index in [-0.39, 0.29) is 18.2 Å². The number of urea groups is 1. The number of carbonyl (C=O) groups is 1. The van der Waals surface area contributed by atoms with Gasteiger partial charge in [0.25, 0.3) is 0 Å². The lowest BCUT2D eigenvalue weighted by Crippen LogP contribution is -2.44. The van der Waals surface area contributed by atoms with Crippen LogP contribution in [-0.4, -0.2) is 30.2 Å². The number of aryl methyl sites for hydroxylation is 1. The molecular formula is C22H28N2O2S. The SMILES string of the molecule is Cc1ccc(C(NC(=O)N(Cc2cccs2)CC2CCCO2)C2CC2)cc1. The third-order valence-electron chi connectivity index (χ3n) is 5.47. The second-order valence-electron chi connectivity index (χ2n) is 7.77. The van der Waals surface area contributed by atoms with Gasteiger partial charge >= 0.3 is 6.03 Å². The Labute approximate surface area is 165 Å². The third kappa shape index (κ3) is 4.90. The van der Waals surface area contributed by atoms with Crippen molar-refractivity contribution < 1.29 is 9.53 Å². The zero-order valence-electron chi connectivity index (χ0n) is 15.9. The van der Waals surface area contributed by atoms with Gasteiger partial charge in [-0.3, -0.25) is 0 Å². The van der Waals surface area contributed by atoms with Gasteiger partial charge in [0, 0.05) is 18.0 Å². The van der Waals surface area contributed by atoms with Crippen LogP contribution in [0.15, 0.2) is 41.8 Å². The maximum Gasteiger partial charge on any atom is 0.318 e. The molecule has 4 nitrogen and oxygen atoms in total. The first kappa shape index (κ1) is 18.5. The van der Waals surface area contributed by atoms with Crippen molar-refractivity contribution in [2.24, 2.45) is 5.92 Å². The van der Waals surface area contributed by atoms with Gasteiger partial charge < -0.3 is 15.0 Å². The third-order valence-corrected chi connectivity index (χ3v) is 6.33. The van der Waals surface area contributed by atoms with Crippen LogP contribution in [0.5, 0.6) is 0 Å². The molecule has 1 aromatic heterocycles. The molecule has 0 spiro atoms. The molecule has 2 fully saturated rings. The molecule has 1 saturated heterocycles. The van der Waals surface area contributed by atoms with Gasteiger partial charge in [0.15, 0.2) is 0 Å². The highest BCUT2D eigenvalue weighted by molar-refractivity contribution is 7.09. The predicted molar refractivity (Wildman–Crippen MR) is 109 cm³/mol. The fourth-order valence-corrected chi connectivity index (χ4v) is 4.46. The van der Waals surface area contributed by atoms with Crippen LogP contribution in [0.2, 0.25) is 0 Å². The maximum absolute atomic E-state index is 13.2. The molecule has 2 aliphatic rings. The van der Waals surface area contributed by atoms with Crippen molar-refractivity contribution in [1.82, 2.24) is 10.2 Å². The van der Waals surface area contributed by atoms with E-state index in [0.717, 1.165) is 19.4 Å². The number of rotatable bonds is 7. The Morgan fingerprint density at radius 1 is 1.26 bits per heavy atom. The summed E-state index contributed by atoms with van der Waals surface area (Å²) in [7, 11) is 0. The van der Waals surface area contributed by atoms with Crippen molar-refractivity contribution in [2.75, 3.05) is 13.2 Å². The molecule has 1 N–H and O–H groups in total. The number of carbonyl (C=O) groups excluding carboxylic acids is 1. The lowest BCUT2D eigenvalue weighted by Gasteiger charge is -2.28. The molecule has 0 radical (unpaired) electrons. The highest BCUT2D eigenvalue weighted by Gasteiger charge is 2.34. The van der Waals surface area contributed by atoms with Crippen LogP contribution in [-0.2, 0) is 11.3 Å². The van der Waals surface area contributed by atoms with Gasteiger partial charge in [0.05, 0.1) is 18.7 Å². The summed E-state index contributed by atoms with van der Waals surface area (Å²) in [6.07, 6.45) is 4.67. The first-order valence-electron chi connectivity index (χ1n) is 9.95. The van der Waals surface area contributed by atoms with Crippen molar-refractivity contribution >= 4 is 17.4 Å². The average molecular weight is 385 g/mol. The molecule has 2 atom stereocenters. The number of hydrogen-bond acceptors (Lipinski definition) is 3. The minimum absolute atomic E-state index is 0.0244. The van der Waals surface area contributed by atoms with E-state index < -0.39 is 0 Å². The number of hydrogen-bond donors (Lipinski definition) is 1. The summed E-state index contributed by atoms with van der Waals surface area (Å²) < 4.78 is 5.80. The Morgan fingerprint density at radius 2 is 2.07 bits per heavy atom. The van der Waals surface area contributed by atoms with E-state index in [1.54, 1.807) is 11.3 Å². The molecule has 1 aromatic carbocycles. The zero-order chi connectivity index (χ0) is 18.6. The summed E-state index contributed by atoms with van der Waals surface area (Å²) in [5.74, 6) is 0.558. The second-order valence-corrected chi connectivity index (χ2v) is 8.80. The summed E-state index contributed by atoms with van der Waals surface area (Å²) in [4.78, 5) is 16.3. The summed E-state index contributed by atoms with van der Waals surface area (Å²) in [6, 6.07) is 12.8. The summed E-state index contributed by atoms with van der Waals surface area (Å²) in [5, 5.41) is 5.40. The van der Waals surface area contributed by atoms with Crippen molar-refractivity contribution in [3.63, 3.8) is 0 Å². The van der Waals surface area contributed by atoms with E-state index in [9.17, 15) is 4.79 Å². The van der Waals surface area contributed by atoms with Crippen LogP contribution in [0, 0.1) is 12.8 Å². The lowest BCUT2D eigenvalue weighted by atomic mass is 10.0. The number of thiophene rings is 1. The van der Waals surface area contributed by atoms with Gasteiger partial charge in [0.2, 0.25) is 0 Å². The van der Waals surface area contributed by atoms with Crippen molar-refractivity contribution in [3.05, 3.63) is 57.8 Å². The number of nitrogens with one attached hydrogen (secondary N) is 1. The van der Waals surface area contributed by atoms with Gasteiger partial charge in [-0.2, -0.15) is 0 Å². The highest BCUT2D eigenvalue weighted by atomic mass is 32.1. The minimum Gasteiger partial charge on any atom is -0.376 e. The Balaban J connectivity index is 1.47. The van der Waals surface area contributed by atoms with E-state index in [2.05, 4.69) is 48.0 Å². The van der Waals surface area contributed by atoms with Crippen molar-refractivity contribution in [3.8, 4) is 0 Å². The maximum atomic E-state index is 13.2. The van der Waals surface area contributed by atoms with Gasteiger partial charge in [-0.05, 0) is 55.5 Å². The smallest absolute Gasteiger partial charge is 0.318 e. The summed E-state index contributed by atoms with van der Waals surface area (Å²) in [6.45, 7) is 4.22.